The molecule has 0 saturated carbocycles. The first-order chi connectivity index (χ1) is 7.27. The number of rotatable bonds is 1. The van der Waals surface area contributed by atoms with Crippen LogP contribution in [0.2, 0.25) is 0 Å². The van der Waals surface area contributed by atoms with Gasteiger partial charge in [-0.25, -0.2) is 0 Å². The van der Waals surface area contributed by atoms with Gasteiger partial charge in [-0.05, 0) is 29.7 Å². The minimum absolute atomic E-state index is 0.214. The molecule has 1 aromatic rings. The lowest BCUT2D eigenvalue weighted by molar-refractivity contribution is 0.161. The highest BCUT2D eigenvalue weighted by atomic mass is 16.5. The lowest BCUT2D eigenvalue weighted by Crippen LogP contribution is -2.04. The van der Waals surface area contributed by atoms with Crippen molar-refractivity contribution in [1.29, 1.82) is 0 Å². The van der Waals surface area contributed by atoms with E-state index in [9.17, 15) is 9.90 Å². The second kappa shape index (κ2) is 4.28. The highest BCUT2D eigenvalue weighted by Crippen LogP contribution is 2.19. The Kier molecular flexibility index (Phi) is 2.83. The number of ether oxygens (including phenoxy) is 1. The summed E-state index contributed by atoms with van der Waals surface area (Å²) < 4.78 is 5.19. The van der Waals surface area contributed by atoms with E-state index in [2.05, 4.69) is 0 Å². The van der Waals surface area contributed by atoms with Gasteiger partial charge < -0.3 is 9.84 Å². The average Bonchev–Trinajstić information content (AvgIpc) is 2.43. The standard InChI is InChI=1S/C12H12O3/c13-11-3-1-2-10(8-12(11)14)9-4-6-15-7-5-9/h1-4,8H,5-7H2,(H,13,14). The van der Waals surface area contributed by atoms with Crippen LogP contribution < -0.4 is 5.43 Å². The Balaban J connectivity index is 2.45. The fourth-order valence-corrected chi connectivity index (χ4v) is 1.58. The van der Waals surface area contributed by atoms with Crippen LogP contribution in [0.1, 0.15) is 12.0 Å². The quantitative estimate of drug-likeness (QED) is 0.755. The minimum Gasteiger partial charge on any atom is -0.504 e. The fourth-order valence-electron chi connectivity index (χ4n) is 1.58. The predicted octanol–water partition coefficient (Wildman–Crippen LogP) is 1.56. The van der Waals surface area contributed by atoms with Crippen LogP contribution >= 0.6 is 0 Å². The highest BCUT2D eigenvalue weighted by molar-refractivity contribution is 5.66. The molecule has 0 spiro atoms. The largest absolute Gasteiger partial charge is 0.504 e. The Morgan fingerprint density at radius 3 is 2.93 bits per heavy atom. The molecule has 1 aliphatic heterocycles. The van der Waals surface area contributed by atoms with Crippen LogP contribution in [0.5, 0.6) is 5.75 Å². The molecule has 0 saturated heterocycles. The summed E-state index contributed by atoms with van der Waals surface area (Å²) in [4.78, 5) is 11.4. The Labute approximate surface area is 87.6 Å². The number of hydrogen-bond acceptors (Lipinski definition) is 3. The Morgan fingerprint density at radius 2 is 2.20 bits per heavy atom. The average molecular weight is 204 g/mol. The molecule has 15 heavy (non-hydrogen) atoms. The molecular formula is C12H12O3. The van der Waals surface area contributed by atoms with E-state index < -0.39 is 0 Å². The smallest absolute Gasteiger partial charge is 0.220 e. The zero-order valence-electron chi connectivity index (χ0n) is 8.27. The molecule has 3 heteroatoms. The first kappa shape index (κ1) is 9.93. The van der Waals surface area contributed by atoms with Gasteiger partial charge in [0.1, 0.15) is 0 Å². The van der Waals surface area contributed by atoms with Crippen molar-refractivity contribution in [1.82, 2.24) is 0 Å². The molecule has 1 heterocycles. The lowest BCUT2D eigenvalue weighted by Gasteiger charge is -2.12. The van der Waals surface area contributed by atoms with Crippen LogP contribution in [0.3, 0.4) is 0 Å². The van der Waals surface area contributed by atoms with Crippen molar-refractivity contribution in [3.63, 3.8) is 0 Å². The summed E-state index contributed by atoms with van der Waals surface area (Å²) in [6, 6.07) is 6.39. The van der Waals surface area contributed by atoms with Gasteiger partial charge in [-0.3, -0.25) is 4.79 Å². The van der Waals surface area contributed by atoms with Crippen molar-refractivity contribution in [2.45, 2.75) is 6.42 Å². The molecule has 1 aromatic carbocycles. The van der Waals surface area contributed by atoms with Gasteiger partial charge in [-0.2, -0.15) is 0 Å². The molecule has 0 radical (unpaired) electrons. The molecule has 78 valence electrons. The van der Waals surface area contributed by atoms with Crippen LogP contribution in [0, 0.1) is 0 Å². The normalized spacial score (nSPS) is 15.9. The van der Waals surface area contributed by atoms with E-state index in [1.807, 2.05) is 12.1 Å². The van der Waals surface area contributed by atoms with Crippen LogP contribution in [0.4, 0.5) is 0 Å². The molecular weight excluding hydrogens is 192 g/mol. The monoisotopic (exact) mass is 204 g/mol. The Bertz CT molecular complexity index is 449. The zero-order chi connectivity index (χ0) is 10.7. The summed E-state index contributed by atoms with van der Waals surface area (Å²) in [5.41, 5.74) is 1.62. The molecule has 0 amide bonds. The summed E-state index contributed by atoms with van der Waals surface area (Å²) in [6.45, 7) is 1.28. The topological polar surface area (TPSA) is 46.5 Å². The number of aromatic hydroxyl groups is 1. The Hall–Kier alpha value is -1.61. The van der Waals surface area contributed by atoms with Gasteiger partial charge in [0.2, 0.25) is 5.43 Å². The van der Waals surface area contributed by atoms with E-state index in [0.717, 1.165) is 17.6 Å². The van der Waals surface area contributed by atoms with Crippen molar-refractivity contribution >= 4 is 5.57 Å². The summed E-state index contributed by atoms with van der Waals surface area (Å²) in [5, 5.41) is 9.25. The molecule has 1 N–H and O–H groups in total. The van der Waals surface area contributed by atoms with Gasteiger partial charge in [0.05, 0.1) is 13.2 Å². The SMILES string of the molecule is O=c1cc(C2=CCOCC2)cccc1O. The predicted molar refractivity (Wildman–Crippen MR) is 57.8 cm³/mol. The van der Waals surface area contributed by atoms with E-state index in [0.29, 0.717) is 13.2 Å². The van der Waals surface area contributed by atoms with Crippen LogP contribution in [-0.2, 0) is 4.74 Å². The fraction of sp³-hybridized carbons (Fsp3) is 0.250. The van der Waals surface area contributed by atoms with E-state index >= 15 is 0 Å². The third kappa shape index (κ3) is 2.25. The first-order valence-electron chi connectivity index (χ1n) is 4.88. The molecule has 0 fully saturated rings. The lowest BCUT2D eigenvalue weighted by atomic mass is 10.0. The summed E-state index contributed by atoms with van der Waals surface area (Å²) >= 11 is 0. The third-order valence-corrected chi connectivity index (χ3v) is 2.40. The van der Waals surface area contributed by atoms with Crippen molar-refractivity contribution in [3.05, 3.63) is 46.1 Å². The molecule has 0 bridgehead atoms. The van der Waals surface area contributed by atoms with E-state index in [1.54, 1.807) is 6.07 Å². The summed E-state index contributed by atoms with van der Waals surface area (Å²) in [7, 11) is 0. The maximum absolute atomic E-state index is 11.4. The number of hydrogen-bond donors (Lipinski definition) is 1. The zero-order valence-corrected chi connectivity index (χ0v) is 8.27. The van der Waals surface area contributed by atoms with E-state index in [4.69, 9.17) is 4.74 Å². The van der Waals surface area contributed by atoms with Crippen molar-refractivity contribution in [2.24, 2.45) is 0 Å². The van der Waals surface area contributed by atoms with Gasteiger partial charge in [0.25, 0.3) is 0 Å². The van der Waals surface area contributed by atoms with Crippen molar-refractivity contribution in [2.75, 3.05) is 13.2 Å². The second-order valence-electron chi connectivity index (χ2n) is 3.43. The molecule has 0 atom stereocenters. The third-order valence-electron chi connectivity index (χ3n) is 2.40. The van der Waals surface area contributed by atoms with E-state index in [-0.39, 0.29) is 11.2 Å². The first-order valence-corrected chi connectivity index (χ1v) is 4.88. The van der Waals surface area contributed by atoms with Gasteiger partial charge in [-0.1, -0.05) is 18.2 Å². The second-order valence-corrected chi connectivity index (χ2v) is 3.43. The maximum Gasteiger partial charge on any atom is 0.220 e. The summed E-state index contributed by atoms with van der Waals surface area (Å²) in [6.07, 6.45) is 2.78. The van der Waals surface area contributed by atoms with Gasteiger partial charge >= 0.3 is 0 Å². The molecule has 1 aliphatic rings. The Morgan fingerprint density at radius 1 is 1.33 bits per heavy atom. The van der Waals surface area contributed by atoms with Crippen molar-refractivity contribution < 1.29 is 9.84 Å². The minimum atomic E-state index is -0.345. The highest BCUT2D eigenvalue weighted by Gasteiger charge is 2.06. The molecule has 0 aliphatic carbocycles. The van der Waals surface area contributed by atoms with Gasteiger partial charge in [-0.15, -0.1) is 0 Å². The van der Waals surface area contributed by atoms with E-state index in [1.165, 1.54) is 12.1 Å². The summed E-state index contributed by atoms with van der Waals surface area (Å²) in [5.74, 6) is -0.214. The maximum atomic E-state index is 11.4. The van der Waals surface area contributed by atoms with Crippen LogP contribution in [-0.4, -0.2) is 18.3 Å². The molecule has 0 aromatic heterocycles. The van der Waals surface area contributed by atoms with Crippen LogP contribution in [0.15, 0.2) is 35.1 Å². The van der Waals surface area contributed by atoms with Crippen LogP contribution in [0.25, 0.3) is 5.57 Å². The van der Waals surface area contributed by atoms with Gasteiger partial charge in [0, 0.05) is 0 Å². The van der Waals surface area contributed by atoms with Crippen molar-refractivity contribution in [3.8, 4) is 5.75 Å². The van der Waals surface area contributed by atoms with Gasteiger partial charge in [0.15, 0.2) is 5.75 Å². The molecule has 3 nitrogen and oxygen atoms in total. The molecule has 0 unspecified atom stereocenters. The molecule has 2 rings (SSSR count).